The van der Waals surface area contributed by atoms with Crippen LogP contribution in [0.4, 0.5) is 4.79 Å². The van der Waals surface area contributed by atoms with Crippen LogP contribution >= 0.6 is 0 Å². The second-order valence-corrected chi connectivity index (χ2v) is 5.45. The maximum Gasteiger partial charge on any atom is 0.318 e. The number of hydrogen-bond acceptors (Lipinski definition) is 5. The van der Waals surface area contributed by atoms with Crippen LogP contribution in [0.3, 0.4) is 0 Å². The van der Waals surface area contributed by atoms with Gasteiger partial charge in [0.25, 0.3) is 0 Å². The average Bonchev–Trinajstić information content (AvgIpc) is 2.82. The fraction of sp³-hybridized carbons (Fsp3) is 0.769. The molecular formula is C13H22N4O3. The van der Waals surface area contributed by atoms with Crippen LogP contribution in [0.15, 0.2) is 4.52 Å². The van der Waals surface area contributed by atoms with Crippen LogP contribution in [-0.4, -0.2) is 46.9 Å². The van der Waals surface area contributed by atoms with Crippen LogP contribution in [0.25, 0.3) is 0 Å². The van der Waals surface area contributed by atoms with Crippen LogP contribution in [0.2, 0.25) is 0 Å². The van der Waals surface area contributed by atoms with Crippen molar-refractivity contribution in [3.8, 4) is 0 Å². The van der Waals surface area contributed by atoms with Gasteiger partial charge in [-0.25, -0.2) is 4.79 Å². The topological polar surface area (TPSA) is 80.5 Å². The van der Waals surface area contributed by atoms with Crippen LogP contribution < -0.4 is 5.32 Å². The minimum Gasteiger partial charge on any atom is -0.377 e. The highest BCUT2D eigenvalue weighted by atomic mass is 16.5. The zero-order chi connectivity index (χ0) is 14.5. The smallest absolute Gasteiger partial charge is 0.318 e. The van der Waals surface area contributed by atoms with Crippen LogP contribution in [0.1, 0.15) is 32.0 Å². The molecule has 20 heavy (non-hydrogen) atoms. The van der Waals surface area contributed by atoms with E-state index in [-0.39, 0.29) is 18.6 Å². The Bertz CT molecular complexity index is 447. The van der Waals surface area contributed by atoms with Gasteiger partial charge in [0.1, 0.15) is 0 Å². The minimum atomic E-state index is -0.102. The van der Waals surface area contributed by atoms with Gasteiger partial charge in [-0.2, -0.15) is 4.98 Å². The summed E-state index contributed by atoms with van der Waals surface area (Å²) in [7, 11) is 0. The Balaban J connectivity index is 1.88. The Morgan fingerprint density at radius 3 is 3.00 bits per heavy atom. The number of carbonyl (C=O) groups excluding carboxylic acids is 1. The summed E-state index contributed by atoms with van der Waals surface area (Å²) in [5, 5.41) is 6.51. The number of aromatic nitrogens is 2. The molecule has 7 nitrogen and oxygen atoms in total. The van der Waals surface area contributed by atoms with Gasteiger partial charge in [0, 0.05) is 6.54 Å². The number of rotatable bonds is 4. The largest absolute Gasteiger partial charge is 0.377 e. The first-order valence-corrected chi connectivity index (χ1v) is 6.97. The summed E-state index contributed by atoms with van der Waals surface area (Å²) in [6.07, 6.45) is 0.938. The maximum atomic E-state index is 12.2. The lowest BCUT2D eigenvalue weighted by Crippen LogP contribution is -2.52. The SMILES string of the molecule is Cc1noc(CNC(=O)N2CCOCC2CC(C)C)n1. The summed E-state index contributed by atoms with van der Waals surface area (Å²) in [4.78, 5) is 18.1. The van der Waals surface area contributed by atoms with Gasteiger partial charge in [-0.3, -0.25) is 0 Å². The average molecular weight is 282 g/mol. The summed E-state index contributed by atoms with van der Waals surface area (Å²) in [5.41, 5.74) is 0. The van der Waals surface area contributed by atoms with Crippen LogP contribution in [-0.2, 0) is 11.3 Å². The molecular weight excluding hydrogens is 260 g/mol. The molecule has 2 amide bonds. The van der Waals surface area contributed by atoms with Crippen molar-refractivity contribution >= 4 is 6.03 Å². The quantitative estimate of drug-likeness (QED) is 0.901. The van der Waals surface area contributed by atoms with Crippen molar-refractivity contribution in [1.82, 2.24) is 20.4 Å². The fourth-order valence-electron chi connectivity index (χ4n) is 2.33. The summed E-state index contributed by atoms with van der Waals surface area (Å²) in [6.45, 7) is 8.09. The molecule has 2 rings (SSSR count). The molecule has 0 spiro atoms. The van der Waals surface area contributed by atoms with E-state index in [4.69, 9.17) is 9.26 Å². The van der Waals surface area contributed by atoms with Crippen molar-refractivity contribution in [3.63, 3.8) is 0 Å². The Labute approximate surface area is 118 Å². The molecule has 1 fully saturated rings. The predicted molar refractivity (Wildman–Crippen MR) is 72.0 cm³/mol. The summed E-state index contributed by atoms with van der Waals surface area (Å²) >= 11 is 0. The van der Waals surface area contributed by atoms with Gasteiger partial charge in [-0.1, -0.05) is 19.0 Å². The number of carbonyl (C=O) groups is 1. The molecule has 1 aliphatic rings. The Morgan fingerprint density at radius 1 is 1.55 bits per heavy atom. The first kappa shape index (κ1) is 14.8. The molecule has 1 unspecified atom stereocenters. The molecule has 1 N–H and O–H groups in total. The number of hydrogen-bond donors (Lipinski definition) is 1. The first-order valence-electron chi connectivity index (χ1n) is 6.97. The Morgan fingerprint density at radius 2 is 2.35 bits per heavy atom. The maximum absolute atomic E-state index is 12.2. The number of aryl methyl sites for hydroxylation is 1. The lowest BCUT2D eigenvalue weighted by Gasteiger charge is -2.36. The molecule has 2 heterocycles. The van der Waals surface area contributed by atoms with Crippen molar-refractivity contribution in [2.45, 2.75) is 39.8 Å². The zero-order valence-electron chi connectivity index (χ0n) is 12.3. The molecule has 1 aromatic heterocycles. The van der Waals surface area contributed by atoms with E-state index in [1.807, 2.05) is 4.90 Å². The molecule has 0 radical (unpaired) electrons. The van der Waals surface area contributed by atoms with Crippen molar-refractivity contribution in [1.29, 1.82) is 0 Å². The molecule has 0 aromatic carbocycles. The molecule has 1 saturated heterocycles. The van der Waals surface area contributed by atoms with Gasteiger partial charge in [-0.05, 0) is 19.3 Å². The third-order valence-electron chi connectivity index (χ3n) is 3.19. The number of nitrogens with one attached hydrogen (secondary N) is 1. The van der Waals surface area contributed by atoms with E-state index in [1.54, 1.807) is 6.92 Å². The normalized spacial score (nSPS) is 19.4. The van der Waals surface area contributed by atoms with Gasteiger partial charge in [-0.15, -0.1) is 0 Å². The molecule has 1 atom stereocenters. The summed E-state index contributed by atoms with van der Waals surface area (Å²) < 4.78 is 10.4. The summed E-state index contributed by atoms with van der Waals surface area (Å²) in [5.74, 6) is 1.51. The monoisotopic (exact) mass is 282 g/mol. The van der Waals surface area contributed by atoms with Crippen molar-refractivity contribution in [2.75, 3.05) is 19.8 Å². The second kappa shape index (κ2) is 6.69. The lowest BCUT2D eigenvalue weighted by molar-refractivity contribution is 0.00538. The van der Waals surface area contributed by atoms with Crippen LogP contribution in [0.5, 0.6) is 0 Å². The zero-order valence-corrected chi connectivity index (χ0v) is 12.3. The van der Waals surface area contributed by atoms with E-state index < -0.39 is 0 Å². The lowest BCUT2D eigenvalue weighted by atomic mass is 10.0. The van der Waals surface area contributed by atoms with Crippen molar-refractivity contribution < 1.29 is 14.1 Å². The second-order valence-electron chi connectivity index (χ2n) is 5.45. The standard InChI is InChI=1S/C13H22N4O3/c1-9(2)6-11-8-19-5-4-17(11)13(18)14-7-12-15-10(3)16-20-12/h9,11H,4-8H2,1-3H3,(H,14,18). The van der Waals surface area contributed by atoms with Gasteiger partial charge in [0.05, 0.1) is 25.8 Å². The Kier molecular flexibility index (Phi) is 4.94. The van der Waals surface area contributed by atoms with E-state index >= 15 is 0 Å². The molecule has 7 heteroatoms. The molecule has 1 aromatic rings. The predicted octanol–water partition coefficient (Wildman–Crippen LogP) is 1.33. The number of nitrogens with zero attached hydrogens (tertiary/aromatic N) is 3. The van der Waals surface area contributed by atoms with E-state index in [2.05, 4.69) is 29.3 Å². The van der Waals surface area contributed by atoms with E-state index in [9.17, 15) is 4.79 Å². The number of morpholine rings is 1. The van der Waals surface area contributed by atoms with Crippen molar-refractivity contribution in [3.05, 3.63) is 11.7 Å². The van der Waals surface area contributed by atoms with Gasteiger partial charge in [0.2, 0.25) is 5.89 Å². The molecule has 0 bridgehead atoms. The highest BCUT2D eigenvalue weighted by molar-refractivity contribution is 5.74. The first-order chi connectivity index (χ1) is 9.56. The van der Waals surface area contributed by atoms with E-state index in [0.29, 0.717) is 37.4 Å². The highest BCUT2D eigenvalue weighted by Gasteiger charge is 2.27. The van der Waals surface area contributed by atoms with Crippen LogP contribution in [0, 0.1) is 12.8 Å². The van der Waals surface area contributed by atoms with E-state index in [1.165, 1.54) is 0 Å². The van der Waals surface area contributed by atoms with Gasteiger partial charge < -0.3 is 19.5 Å². The minimum absolute atomic E-state index is 0.102. The summed E-state index contributed by atoms with van der Waals surface area (Å²) in [6, 6.07) is 0.0305. The fourth-order valence-corrected chi connectivity index (χ4v) is 2.33. The Hall–Kier alpha value is -1.63. The third-order valence-corrected chi connectivity index (χ3v) is 3.19. The molecule has 0 saturated carbocycles. The number of urea groups is 1. The van der Waals surface area contributed by atoms with Gasteiger partial charge >= 0.3 is 6.03 Å². The molecule has 1 aliphatic heterocycles. The van der Waals surface area contributed by atoms with Gasteiger partial charge in [0.15, 0.2) is 5.82 Å². The third kappa shape index (κ3) is 3.93. The molecule has 112 valence electrons. The van der Waals surface area contributed by atoms with Crippen molar-refractivity contribution in [2.24, 2.45) is 5.92 Å². The highest BCUT2D eigenvalue weighted by Crippen LogP contribution is 2.15. The van der Waals surface area contributed by atoms with E-state index in [0.717, 1.165) is 6.42 Å². The number of ether oxygens (including phenoxy) is 1. The molecule has 0 aliphatic carbocycles. The number of amides is 2.